The quantitative estimate of drug-likeness (QED) is 0.285. The van der Waals surface area contributed by atoms with Crippen LogP contribution in [0.25, 0.3) is 11.4 Å². The minimum Gasteiger partial charge on any atom is -0.493 e. The summed E-state index contributed by atoms with van der Waals surface area (Å²) in [6.45, 7) is 2.71. The minimum absolute atomic E-state index is 0.152. The maximum atomic E-state index is 12.3. The molecule has 2 aromatic carbocycles. The Morgan fingerprint density at radius 1 is 1.09 bits per heavy atom. The minimum atomic E-state index is -0.259. The second kappa shape index (κ2) is 11.2. The molecule has 0 aliphatic rings. The van der Waals surface area contributed by atoms with Gasteiger partial charge < -0.3 is 18.8 Å². The SMILES string of the molecule is CCn1c(SCC(=O)N/N=C/c2cc(OC)c(OC)c(OC)c2)nnc1-c1ccccc1. The highest BCUT2D eigenvalue weighted by Gasteiger charge is 2.15. The molecule has 0 atom stereocenters. The zero-order chi connectivity index (χ0) is 22.9. The molecule has 0 fully saturated rings. The highest BCUT2D eigenvalue weighted by atomic mass is 32.2. The molecule has 1 aromatic heterocycles. The number of methoxy groups -OCH3 is 3. The van der Waals surface area contributed by atoms with Crippen LogP contribution in [0.2, 0.25) is 0 Å². The van der Waals surface area contributed by atoms with Gasteiger partial charge in [-0.1, -0.05) is 42.1 Å². The number of carbonyl (C=O) groups excluding carboxylic acids is 1. The standard InChI is InChI=1S/C22H25N5O4S/c1-5-27-21(16-9-7-6-8-10-16)25-26-22(27)32-14-19(28)24-23-13-15-11-17(29-2)20(31-4)18(12-15)30-3/h6-13H,5,14H2,1-4H3,(H,24,28)/b23-13+. The van der Waals surface area contributed by atoms with E-state index >= 15 is 0 Å². The first kappa shape index (κ1) is 23.1. The molecule has 1 N–H and O–H groups in total. The van der Waals surface area contributed by atoms with E-state index in [0.29, 0.717) is 34.5 Å². The van der Waals surface area contributed by atoms with E-state index in [1.165, 1.54) is 39.3 Å². The van der Waals surface area contributed by atoms with Crippen LogP contribution in [0.15, 0.2) is 52.7 Å². The summed E-state index contributed by atoms with van der Waals surface area (Å²) in [6.07, 6.45) is 1.51. The van der Waals surface area contributed by atoms with Crippen LogP contribution in [0.5, 0.6) is 17.2 Å². The number of nitrogens with one attached hydrogen (secondary N) is 1. The average Bonchev–Trinajstić information content (AvgIpc) is 3.25. The molecule has 3 rings (SSSR count). The van der Waals surface area contributed by atoms with Crippen LogP contribution in [0.4, 0.5) is 0 Å². The maximum absolute atomic E-state index is 12.3. The van der Waals surface area contributed by atoms with E-state index < -0.39 is 0 Å². The Bertz CT molecular complexity index is 1060. The Labute approximate surface area is 190 Å². The molecule has 0 aliphatic heterocycles. The number of nitrogens with zero attached hydrogens (tertiary/aromatic N) is 4. The summed E-state index contributed by atoms with van der Waals surface area (Å²) in [5, 5.41) is 13.2. The highest BCUT2D eigenvalue weighted by Crippen LogP contribution is 2.37. The van der Waals surface area contributed by atoms with Gasteiger partial charge in [-0.3, -0.25) is 4.79 Å². The first-order valence-corrected chi connectivity index (χ1v) is 10.8. The van der Waals surface area contributed by atoms with E-state index in [-0.39, 0.29) is 11.7 Å². The Morgan fingerprint density at radius 2 is 1.78 bits per heavy atom. The van der Waals surface area contributed by atoms with Gasteiger partial charge in [0, 0.05) is 17.7 Å². The van der Waals surface area contributed by atoms with Crippen LogP contribution < -0.4 is 19.6 Å². The first-order chi connectivity index (χ1) is 15.6. The largest absolute Gasteiger partial charge is 0.493 e. The van der Waals surface area contributed by atoms with Gasteiger partial charge in [-0.2, -0.15) is 5.10 Å². The predicted molar refractivity (Wildman–Crippen MR) is 124 cm³/mol. The fourth-order valence-corrected chi connectivity index (χ4v) is 3.79. The molecule has 0 unspecified atom stereocenters. The van der Waals surface area contributed by atoms with Crippen molar-refractivity contribution in [1.82, 2.24) is 20.2 Å². The van der Waals surface area contributed by atoms with Gasteiger partial charge in [0.1, 0.15) is 0 Å². The van der Waals surface area contributed by atoms with Crippen LogP contribution in [-0.4, -0.2) is 54.0 Å². The van der Waals surface area contributed by atoms with Crippen molar-refractivity contribution in [3.05, 3.63) is 48.0 Å². The van der Waals surface area contributed by atoms with Gasteiger partial charge in [-0.25, -0.2) is 5.43 Å². The fraction of sp³-hybridized carbons (Fsp3) is 0.273. The van der Waals surface area contributed by atoms with Crippen molar-refractivity contribution in [2.45, 2.75) is 18.6 Å². The van der Waals surface area contributed by atoms with Crippen molar-refractivity contribution < 1.29 is 19.0 Å². The number of ether oxygens (including phenoxy) is 3. The lowest BCUT2D eigenvalue weighted by molar-refractivity contribution is -0.118. The summed E-state index contributed by atoms with van der Waals surface area (Å²) >= 11 is 1.31. The first-order valence-electron chi connectivity index (χ1n) is 9.84. The van der Waals surface area contributed by atoms with Crippen molar-refractivity contribution in [3.63, 3.8) is 0 Å². The van der Waals surface area contributed by atoms with E-state index in [1.807, 2.05) is 41.8 Å². The van der Waals surface area contributed by atoms with Gasteiger partial charge in [0.15, 0.2) is 22.5 Å². The van der Waals surface area contributed by atoms with Crippen LogP contribution in [0.1, 0.15) is 12.5 Å². The fourth-order valence-electron chi connectivity index (χ4n) is 3.00. The number of carbonyl (C=O) groups is 1. The number of hydrazone groups is 1. The lowest BCUT2D eigenvalue weighted by Gasteiger charge is -2.12. The number of aromatic nitrogens is 3. The van der Waals surface area contributed by atoms with Gasteiger partial charge in [0.2, 0.25) is 5.75 Å². The summed E-state index contributed by atoms with van der Waals surface area (Å²) in [7, 11) is 4.61. The van der Waals surface area contributed by atoms with E-state index in [0.717, 1.165) is 11.4 Å². The van der Waals surface area contributed by atoms with Crippen molar-refractivity contribution in [3.8, 4) is 28.6 Å². The predicted octanol–water partition coefficient (Wildman–Crippen LogP) is 3.23. The number of benzene rings is 2. The zero-order valence-electron chi connectivity index (χ0n) is 18.4. The molecule has 3 aromatic rings. The third-order valence-corrected chi connectivity index (χ3v) is 5.45. The Kier molecular flexibility index (Phi) is 8.09. The summed E-state index contributed by atoms with van der Waals surface area (Å²) in [6, 6.07) is 13.3. The van der Waals surface area contributed by atoms with Crippen molar-refractivity contribution in [1.29, 1.82) is 0 Å². The number of thioether (sulfide) groups is 1. The summed E-state index contributed by atoms with van der Waals surface area (Å²) in [5.74, 6) is 2.16. The zero-order valence-corrected chi connectivity index (χ0v) is 19.2. The molecule has 10 heteroatoms. The second-order valence-electron chi connectivity index (χ2n) is 6.46. The van der Waals surface area contributed by atoms with Gasteiger partial charge in [0.05, 0.1) is 33.3 Å². The van der Waals surface area contributed by atoms with Crippen LogP contribution in [0, 0.1) is 0 Å². The molecular formula is C22H25N5O4S. The second-order valence-corrected chi connectivity index (χ2v) is 7.40. The van der Waals surface area contributed by atoms with Gasteiger partial charge in [-0.15, -0.1) is 10.2 Å². The van der Waals surface area contributed by atoms with Crippen LogP contribution in [-0.2, 0) is 11.3 Å². The molecule has 168 valence electrons. The topological polar surface area (TPSA) is 99.9 Å². The smallest absolute Gasteiger partial charge is 0.250 e. The van der Waals surface area contributed by atoms with Crippen LogP contribution in [0.3, 0.4) is 0 Å². The number of rotatable bonds is 10. The van der Waals surface area contributed by atoms with E-state index in [1.54, 1.807) is 12.1 Å². The van der Waals surface area contributed by atoms with Crippen molar-refractivity contribution in [2.75, 3.05) is 27.1 Å². The lowest BCUT2D eigenvalue weighted by Crippen LogP contribution is -2.20. The third-order valence-electron chi connectivity index (χ3n) is 4.49. The van der Waals surface area contributed by atoms with E-state index in [2.05, 4.69) is 20.7 Å². The molecule has 0 radical (unpaired) electrons. The van der Waals surface area contributed by atoms with Crippen molar-refractivity contribution in [2.24, 2.45) is 5.10 Å². The summed E-state index contributed by atoms with van der Waals surface area (Å²) in [5.41, 5.74) is 4.19. The maximum Gasteiger partial charge on any atom is 0.250 e. The molecule has 1 heterocycles. The van der Waals surface area contributed by atoms with Crippen LogP contribution >= 0.6 is 11.8 Å². The molecule has 0 bridgehead atoms. The van der Waals surface area contributed by atoms with Gasteiger partial charge >= 0.3 is 0 Å². The van der Waals surface area contributed by atoms with E-state index in [9.17, 15) is 4.79 Å². The molecule has 9 nitrogen and oxygen atoms in total. The molecule has 32 heavy (non-hydrogen) atoms. The monoisotopic (exact) mass is 455 g/mol. The number of hydrogen-bond donors (Lipinski definition) is 1. The Hall–Kier alpha value is -3.53. The molecule has 0 saturated carbocycles. The lowest BCUT2D eigenvalue weighted by atomic mass is 10.2. The number of hydrogen-bond acceptors (Lipinski definition) is 8. The Balaban J connectivity index is 1.62. The van der Waals surface area contributed by atoms with Gasteiger partial charge in [0.25, 0.3) is 5.91 Å². The molecule has 0 saturated heterocycles. The Morgan fingerprint density at radius 3 is 2.38 bits per heavy atom. The highest BCUT2D eigenvalue weighted by molar-refractivity contribution is 7.99. The molecule has 1 amide bonds. The third kappa shape index (κ3) is 5.38. The summed E-state index contributed by atoms with van der Waals surface area (Å²) in [4.78, 5) is 12.3. The van der Waals surface area contributed by atoms with E-state index in [4.69, 9.17) is 14.2 Å². The average molecular weight is 456 g/mol. The van der Waals surface area contributed by atoms with Gasteiger partial charge in [-0.05, 0) is 19.1 Å². The van der Waals surface area contributed by atoms with Crippen molar-refractivity contribution >= 4 is 23.9 Å². The molecular weight excluding hydrogens is 430 g/mol. The number of amides is 1. The normalized spacial score (nSPS) is 10.9. The summed E-state index contributed by atoms with van der Waals surface area (Å²) < 4.78 is 17.9. The molecule has 0 aliphatic carbocycles. The molecule has 0 spiro atoms.